The number of aromatic nitrogens is 1. The summed E-state index contributed by atoms with van der Waals surface area (Å²) in [4.78, 5) is 14.0. The molecule has 0 aliphatic heterocycles. The van der Waals surface area contributed by atoms with Crippen LogP contribution in [0.5, 0.6) is 5.75 Å². The van der Waals surface area contributed by atoms with Crippen molar-refractivity contribution in [3.8, 4) is 5.75 Å². The van der Waals surface area contributed by atoms with Gasteiger partial charge in [0.15, 0.2) is 0 Å². The van der Waals surface area contributed by atoms with E-state index in [1.54, 1.807) is 0 Å². The zero-order chi connectivity index (χ0) is 14.7. The molecule has 2 rings (SSSR count). The third kappa shape index (κ3) is 3.50. The topological polar surface area (TPSA) is 65.3 Å². The molecule has 0 radical (unpaired) electrons. The van der Waals surface area contributed by atoms with E-state index in [0.29, 0.717) is 16.3 Å². The minimum Gasteiger partial charge on any atom is -0.489 e. The van der Waals surface area contributed by atoms with Gasteiger partial charge in [0.05, 0.1) is 9.95 Å². The number of hydrogen-bond donors (Lipinski definition) is 0. The first-order valence-electron chi connectivity index (χ1n) is 5.34. The molecule has 0 N–H and O–H groups in total. The van der Waals surface area contributed by atoms with Crippen LogP contribution >= 0.6 is 34.8 Å². The lowest BCUT2D eigenvalue weighted by Gasteiger charge is -2.08. The highest BCUT2D eigenvalue weighted by Crippen LogP contribution is 2.29. The van der Waals surface area contributed by atoms with Crippen molar-refractivity contribution in [3.05, 3.63) is 61.3 Å². The van der Waals surface area contributed by atoms with Crippen molar-refractivity contribution < 1.29 is 9.66 Å². The number of ether oxygens (including phenoxy) is 1. The minimum absolute atomic E-state index is 0.00725. The van der Waals surface area contributed by atoms with Gasteiger partial charge in [0.25, 0.3) is 5.69 Å². The summed E-state index contributed by atoms with van der Waals surface area (Å²) in [7, 11) is 0. The Balaban J connectivity index is 2.11. The van der Waals surface area contributed by atoms with E-state index in [1.165, 1.54) is 30.5 Å². The molecule has 5 nitrogen and oxygen atoms in total. The van der Waals surface area contributed by atoms with Gasteiger partial charge in [-0.15, -0.1) is 0 Å². The van der Waals surface area contributed by atoms with Crippen molar-refractivity contribution >= 4 is 40.5 Å². The van der Waals surface area contributed by atoms with E-state index in [9.17, 15) is 10.1 Å². The standard InChI is InChI=1S/C12H7Cl3N2O3/c13-9-4-12(15)16-5-7(9)6-20-8-1-2-11(17(18)19)10(14)3-8/h1-5H,6H2. The third-order valence-corrected chi connectivity index (χ3v) is 3.27. The second-order valence-corrected chi connectivity index (χ2v) is 4.96. The molecule has 0 spiro atoms. The van der Waals surface area contributed by atoms with E-state index in [4.69, 9.17) is 39.5 Å². The number of nitrogens with zero attached hydrogens (tertiary/aromatic N) is 2. The van der Waals surface area contributed by atoms with Crippen molar-refractivity contribution in [2.45, 2.75) is 6.61 Å². The molecule has 1 heterocycles. The maximum Gasteiger partial charge on any atom is 0.288 e. The average molecular weight is 334 g/mol. The lowest BCUT2D eigenvalue weighted by Crippen LogP contribution is -1.98. The van der Waals surface area contributed by atoms with Gasteiger partial charge in [-0.3, -0.25) is 10.1 Å². The molecule has 0 aliphatic carbocycles. The van der Waals surface area contributed by atoms with Crippen molar-refractivity contribution in [3.63, 3.8) is 0 Å². The summed E-state index contributed by atoms with van der Waals surface area (Å²) in [5, 5.41) is 11.4. The fourth-order valence-electron chi connectivity index (χ4n) is 1.43. The van der Waals surface area contributed by atoms with E-state index >= 15 is 0 Å². The normalized spacial score (nSPS) is 10.3. The highest BCUT2D eigenvalue weighted by molar-refractivity contribution is 6.34. The number of nitro benzene ring substituents is 1. The van der Waals surface area contributed by atoms with E-state index < -0.39 is 4.92 Å². The summed E-state index contributed by atoms with van der Waals surface area (Å²) in [5.74, 6) is 0.395. The molecule has 20 heavy (non-hydrogen) atoms. The Bertz CT molecular complexity index is 664. The van der Waals surface area contributed by atoms with Crippen LogP contribution in [0.25, 0.3) is 0 Å². The predicted octanol–water partition coefficient (Wildman–Crippen LogP) is 4.53. The lowest BCUT2D eigenvalue weighted by atomic mass is 10.3. The number of hydrogen-bond acceptors (Lipinski definition) is 4. The number of rotatable bonds is 4. The second-order valence-electron chi connectivity index (χ2n) is 3.76. The van der Waals surface area contributed by atoms with Crippen molar-refractivity contribution in [2.24, 2.45) is 0 Å². The largest absolute Gasteiger partial charge is 0.489 e. The summed E-state index contributed by atoms with van der Waals surface area (Å²) in [5.41, 5.74) is 0.468. The zero-order valence-corrected chi connectivity index (χ0v) is 12.1. The van der Waals surface area contributed by atoms with Gasteiger partial charge in [-0.2, -0.15) is 0 Å². The molecular weight excluding hydrogens is 327 g/mol. The van der Waals surface area contributed by atoms with Gasteiger partial charge in [-0.1, -0.05) is 34.8 Å². The summed E-state index contributed by atoms with van der Waals surface area (Å²) >= 11 is 17.4. The predicted molar refractivity (Wildman–Crippen MR) is 76.7 cm³/mol. The summed E-state index contributed by atoms with van der Waals surface area (Å²) in [6.07, 6.45) is 1.50. The molecule has 0 aliphatic rings. The zero-order valence-electron chi connectivity index (χ0n) is 9.85. The van der Waals surface area contributed by atoms with Crippen LogP contribution in [0.4, 0.5) is 5.69 Å². The van der Waals surface area contributed by atoms with Crippen molar-refractivity contribution in [1.29, 1.82) is 0 Å². The van der Waals surface area contributed by atoms with Gasteiger partial charge < -0.3 is 4.74 Å². The fraction of sp³-hybridized carbons (Fsp3) is 0.0833. The first-order chi connectivity index (χ1) is 9.47. The molecule has 2 aromatic rings. The van der Waals surface area contributed by atoms with E-state index in [1.807, 2.05) is 0 Å². The lowest BCUT2D eigenvalue weighted by molar-refractivity contribution is -0.384. The first-order valence-corrected chi connectivity index (χ1v) is 6.47. The monoisotopic (exact) mass is 332 g/mol. The van der Waals surface area contributed by atoms with Gasteiger partial charge >= 0.3 is 0 Å². The molecule has 0 bridgehead atoms. The van der Waals surface area contributed by atoms with Crippen molar-refractivity contribution in [1.82, 2.24) is 4.98 Å². The Morgan fingerprint density at radius 3 is 2.55 bits per heavy atom. The summed E-state index contributed by atoms with van der Waals surface area (Å²) in [6, 6.07) is 5.61. The maximum atomic E-state index is 10.6. The Hall–Kier alpha value is -1.56. The van der Waals surface area contributed by atoms with Crippen LogP contribution in [0.1, 0.15) is 5.56 Å². The highest BCUT2D eigenvalue weighted by Gasteiger charge is 2.13. The quantitative estimate of drug-likeness (QED) is 0.468. The SMILES string of the molecule is O=[N+]([O-])c1ccc(OCc2cnc(Cl)cc2Cl)cc1Cl. The first kappa shape index (κ1) is 14.8. The highest BCUT2D eigenvalue weighted by atomic mass is 35.5. The fourth-order valence-corrected chi connectivity index (χ4v) is 2.09. The molecule has 104 valence electrons. The number of halogens is 3. The van der Waals surface area contributed by atoms with Gasteiger partial charge in [0.2, 0.25) is 0 Å². The van der Waals surface area contributed by atoms with Crippen LogP contribution in [0.15, 0.2) is 30.5 Å². The van der Waals surface area contributed by atoms with Crippen LogP contribution < -0.4 is 4.74 Å². The van der Waals surface area contributed by atoms with Gasteiger partial charge in [-0.25, -0.2) is 4.98 Å². The van der Waals surface area contributed by atoms with E-state index in [2.05, 4.69) is 4.98 Å². The average Bonchev–Trinajstić information content (AvgIpc) is 2.37. The summed E-state index contributed by atoms with van der Waals surface area (Å²) in [6.45, 7) is 0.150. The molecule has 8 heteroatoms. The maximum absolute atomic E-state index is 10.6. The Kier molecular flexibility index (Phi) is 4.65. The van der Waals surface area contributed by atoms with Gasteiger partial charge in [-0.05, 0) is 12.1 Å². The van der Waals surface area contributed by atoms with E-state index in [-0.39, 0.29) is 22.5 Å². The molecular formula is C12H7Cl3N2O3. The smallest absolute Gasteiger partial charge is 0.288 e. The van der Waals surface area contributed by atoms with Crippen LogP contribution in [0, 0.1) is 10.1 Å². The summed E-state index contributed by atoms with van der Waals surface area (Å²) < 4.78 is 5.45. The molecule has 0 atom stereocenters. The number of benzene rings is 1. The number of pyridine rings is 1. The van der Waals surface area contributed by atoms with Gasteiger partial charge in [0, 0.05) is 23.9 Å². The molecule has 0 saturated heterocycles. The van der Waals surface area contributed by atoms with E-state index in [0.717, 1.165) is 0 Å². The molecule has 0 fully saturated rings. The van der Waals surface area contributed by atoms with Crippen LogP contribution in [-0.2, 0) is 6.61 Å². The molecule has 0 unspecified atom stereocenters. The Morgan fingerprint density at radius 1 is 1.20 bits per heavy atom. The Morgan fingerprint density at radius 2 is 1.95 bits per heavy atom. The molecule has 0 saturated carbocycles. The number of nitro groups is 1. The van der Waals surface area contributed by atoms with Crippen LogP contribution in [-0.4, -0.2) is 9.91 Å². The van der Waals surface area contributed by atoms with Crippen LogP contribution in [0.2, 0.25) is 15.2 Å². The van der Waals surface area contributed by atoms with Crippen molar-refractivity contribution in [2.75, 3.05) is 0 Å². The Labute approximate surface area is 129 Å². The third-order valence-electron chi connectivity index (χ3n) is 2.41. The molecule has 0 amide bonds. The van der Waals surface area contributed by atoms with Crippen LogP contribution in [0.3, 0.4) is 0 Å². The minimum atomic E-state index is -0.563. The second kappa shape index (κ2) is 6.26. The molecule has 1 aromatic heterocycles. The molecule has 1 aromatic carbocycles. The van der Waals surface area contributed by atoms with Gasteiger partial charge in [0.1, 0.15) is 22.5 Å².